The molecule has 1 unspecified atom stereocenters. The zero-order valence-electron chi connectivity index (χ0n) is 11.7. The predicted octanol–water partition coefficient (Wildman–Crippen LogP) is 3.06. The second-order valence-electron chi connectivity index (χ2n) is 5.05. The number of nitrogens with one attached hydrogen (secondary N) is 1. The normalized spacial score (nSPS) is 12.4. The first kappa shape index (κ1) is 13.7. The smallest absolute Gasteiger partial charge is 0.0627 e. The van der Waals surface area contributed by atoms with Gasteiger partial charge in [-0.05, 0) is 16.5 Å². The van der Waals surface area contributed by atoms with Crippen molar-refractivity contribution in [2.75, 3.05) is 6.61 Å². The van der Waals surface area contributed by atoms with Crippen molar-refractivity contribution in [2.24, 2.45) is 0 Å². The van der Waals surface area contributed by atoms with E-state index in [2.05, 4.69) is 28.5 Å². The maximum absolute atomic E-state index is 9.73. The van der Waals surface area contributed by atoms with Crippen molar-refractivity contribution in [3.63, 3.8) is 0 Å². The molecule has 0 radical (unpaired) electrons. The third kappa shape index (κ3) is 3.10. The van der Waals surface area contributed by atoms with Crippen LogP contribution < -0.4 is 5.32 Å². The van der Waals surface area contributed by atoms with Gasteiger partial charge in [-0.25, -0.2) is 0 Å². The van der Waals surface area contributed by atoms with E-state index < -0.39 is 0 Å². The monoisotopic (exact) mass is 278 g/mol. The molecule has 0 aliphatic rings. The minimum absolute atomic E-state index is 0.0442. The predicted molar refractivity (Wildman–Crippen MR) is 84.9 cm³/mol. The Hall–Kier alpha value is -2.23. The first-order valence-corrected chi connectivity index (χ1v) is 7.09. The van der Waals surface area contributed by atoms with Crippen molar-refractivity contribution in [3.05, 3.63) is 78.1 Å². The van der Waals surface area contributed by atoms with Crippen molar-refractivity contribution < 1.29 is 5.11 Å². The lowest BCUT2D eigenvalue weighted by molar-refractivity contribution is 0.244. The van der Waals surface area contributed by atoms with Gasteiger partial charge in [0.15, 0.2) is 0 Å². The van der Waals surface area contributed by atoms with Gasteiger partial charge < -0.3 is 10.4 Å². The molecule has 1 heterocycles. The molecule has 0 saturated heterocycles. The van der Waals surface area contributed by atoms with E-state index in [1.165, 1.54) is 5.56 Å². The Balaban J connectivity index is 1.85. The number of aliphatic hydroxyl groups is 1. The summed E-state index contributed by atoms with van der Waals surface area (Å²) < 4.78 is 0. The molecule has 0 fully saturated rings. The molecule has 0 spiro atoms. The zero-order chi connectivity index (χ0) is 14.5. The number of fused-ring (bicyclic) bond motifs is 1. The van der Waals surface area contributed by atoms with Gasteiger partial charge in [0.05, 0.1) is 12.6 Å². The van der Waals surface area contributed by atoms with Crippen LogP contribution in [0.5, 0.6) is 0 Å². The van der Waals surface area contributed by atoms with Crippen LogP contribution >= 0.6 is 0 Å². The Labute approximate surface area is 124 Å². The van der Waals surface area contributed by atoms with Crippen molar-refractivity contribution in [1.29, 1.82) is 0 Å². The average molecular weight is 278 g/mol. The fourth-order valence-electron chi connectivity index (χ4n) is 2.53. The van der Waals surface area contributed by atoms with Crippen LogP contribution in [0.4, 0.5) is 0 Å². The lowest BCUT2D eigenvalue weighted by Gasteiger charge is -2.18. The number of nitrogens with zero attached hydrogens (tertiary/aromatic N) is 1. The summed E-state index contributed by atoms with van der Waals surface area (Å²) in [5, 5.41) is 15.4. The molecular formula is C18H18N2O. The van der Waals surface area contributed by atoms with Gasteiger partial charge in [0.1, 0.15) is 0 Å². The van der Waals surface area contributed by atoms with Crippen molar-refractivity contribution in [2.45, 2.75) is 12.6 Å². The fourth-order valence-corrected chi connectivity index (χ4v) is 2.53. The summed E-state index contributed by atoms with van der Waals surface area (Å²) in [7, 11) is 0. The molecule has 2 aromatic carbocycles. The average Bonchev–Trinajstić information content (AvgIpc) is 2.56. The van der Waals surface area contributed by atoms with E-state index in [-0.39, 0.29) is 12.6 Å². The molecule has 0 aliphatic carbocycles. The molecule has 3 nitrogen and oxygen atoms in total. The summed E-state index contributed by atoms with van der Waals surface area (Å²) in [6.07, 6.45) is 3.69. The summed E-state index contributed by atoms with van der Waals surface area (Å²) in [6.45, 7) is 0.762. The van der Waals surface area contributed by atoms with Gasteiger partial charge in [0.25, 0.3) is 0 Å². The molecule has 3 heteroatoms. The molecule has 0 aliphatic heterocycles. The highest BCUT2D eigenvalue weighted by Crippen LogP contribution is 2.23. The second-order valence-corrected chi connectivity index (χ2v) is 5.05. The Kier molecular flexibility index (Phi) is 4.24. The first-order chi connectivity index (χ1) is 10.4. The molecule has 0 saturated carbocycles. The van der Waals surface area contributed by atoms with Crippen molar-refractivity contribution in [3.8, 4) is 0 Å². The summed E-state index contributed by atoms with van der Waals surface area (Å²) in [4.78, 5) is 4.29. The lowest BCUT2D eigenvalue weighted by atomic mass is 10.0. The van der Waals surface area contributed by atoms with Gasteiger partial charge in [-0.2, -0.15) is 0 Å². The van der Waals surface area contributed by atoms with Crippen LogP contribution in [0.15, 0.2) is 67.0 Å². The van der Waals surface area contributed by atoms with Crippen LogP contribution in [0, 0.1) is 0 Å². The van der Waals surface area contributed by atoms with E-state index in [4.69, 9.17) is 0 Å². The molecule has 0 bridgehead atoms. The molecule has 1 atom stereocenters. The molecular weight excluding hydrogens is 260 g/mol. The Morgan fingerprint density at radius 1 is 0.952 bits per heavy atom. The van der Waals surface area contributed by atoms with Crippen LogP contribution in [-0.2, 0) is 6.54 Å². The molecule has 2 N–H and O–H groups in total. The quantitative estimate of drug-likeness (QED) is 0.754. The molecule has 21 heavy (non-hydrogen) atoms. The van der Waals surface area contributed by atoms with Crippen molar-refractivity contribution in [1.82, 2.24) is 10.3 Å². The molecule has 3 aromatic rings. The zero-order valence-corrected chi connectivity index (χ0v) is 11.7. The highest BCUT2D eigenvalue weighted by Gasteiger charge is 2.13. The number of hydrogen-bond donors (Lipinski definition) is 2. The molecule has 3 rings (SSSR count). The van der Waals surface area contributed by atoms with Crippen LogP contribution in [0.25, 0.3) is 10.8 Å². The number of aliphatic hydroxyl groups excluding tert-OH is 1. The van der Waals surface area contributed by atoms with Gasteiger partial charge in [-0.15, -0.1) is 0 Å². The molecule has 106 valence electrons. The molecule has 1 aromatic heterocycles. The topological polar surface area (TPSA) is 45.1 Å². The maximum atomic E-state index is 9.73. The SMILES string of the molecule is OCC(NCc1ccccc1)c1cncc2ccccc12. The standard InChI is InChI=1S/C18H18N2O/c21-13-18(20-10-14-6-2-1-3-7-14)17-12-19-11-15-8-4-5-9-16(15)17/h1-9,11-12,18,20-21H,10,13H2. The fraction of sp³-hybridized carbons (Fsp3) is 0.167. The largest absolute Gasteiger partial charge is 0.394 e. The third-order valence-electron chi connectivity index (χ3n) is 3.65. The van der Waals surface area contributed by atoms with Crippen LogP contribution in [0.3, 0.4) is 0 Å². The second kappa shape index (κ2) is 6.48. The number of pyridine rings is 1. The van der Waals surface area contributed by atoms with Crippen molar-refractivity contribution >= 4 is 10.8 Å². The number of rotatable bonds is 5. The van der Waals surface area contributed by atoms with E-state index in [0.717, 1.165) is 22.9 Å². The van der Waals surface area contributed by atoms with Crippen LogP contribution in [0.1, 0.15) is 17.2 Å². The van der Waals surface area contributed by atoms with E-state index in [1.807, 2.05) is 48.8 Å². The summed E-state index contributed by atoms with van der Waals surface area (Å²) in [5.74, 6) is 0. The lowest BCUT2D eigenvalue weighted by Crippen LogP contribution is -2.24. The van der Waals surface area contributed by atoms with E-state index in [0.29, 0.717) is 0 Å². The van der Waals surface area contributed by atoms with Gasteiger partial charge in [0, 0.05) is 24.3 Å². The van der Waals surface area contributed by atoms with Gasteiger partial charge >= 0.3 is 0 Å². The maximum Gasteiger partial charge on any atom is 0.0627 e. The Morgan fingerprint density at radius 2 is 1.71 bits per heavy atom. The summed E-state index contributed by atoms with van der Waals surface area (Å²) in [5.41, 5.74) is 2.23. The number of benzene rings is 2. The highest BCUT2D eigenvalue weighted by atomic mass is 16.3. The van der Waals surface area contributed by atoms with Gasteiger partial charge in [-0.1, -0.05) is 54.6 Å². The minimum atomic E-state index is -0.121. The first-order valence-electron chi connectivity index (χ1n) is 7.09. The molecule has 0 amide bonds. The highest BCUT2D eigenvalue weighted by molar-refractivity contribution is 5.85. The summed E-state index contributed by atoms with van der Waals surface area (Å²) in [6, 6.07) is 18.2. The van der Waals surface area contributed by atoms with Crippen LogP contribution in [0.2, 0.25) is 0 Å². The van der Waals surface area contributed by atoms with E-state index in [1.54, 1.807) is 0 Å². The van der Waals surface area contributed by atoms with E-state index in [9.17, 15) is 5.11 Å². The number of hydrogen-bond acceptors (Lipinski definition) is 3. The number of aromatic nitrogens is 1. The van der Waals surface area contributed by atoms with E-state index >= 15 is 0 Å². The van der Waals surface area contributed by atoms with Crippen LogP contribution in [-0.4, -0.2) is 16.7 Å². The third-order valence-corrected chi connectivity index (χ3v) is 3.65. The summed E-state index contributed by atoms with van der Waals surface area (Å²) >= 11 is 0. The minimum Gasteiger partial charge on any atom is -0.394 e. The Morgan fingerprint density at radius 3 is 2.52 bits per heavy atom. The van der Waals surface area contributed by atoms with Gasteiger partial charge in [0.2, 0.25) is 0 Å². The Bertz CT molecular complexity index is 707. The van der Waals surface area contributed by atoms with Gasteiger partial charge in [-0.3, -0.25) is 4.98 Å².